The van der Waals surface area contributed by atoms with E-state index >= 15 is 0 Å². The second-order valence-electron chi connectivity index (χ2n) is 0.997. The summed E-state index contributed by atoms with van der Waals surface area (Å²) in [6.45, 7) is 0. The predicted molar refractivity (Wildman–Crippen MR) is 25.0 cm³/mol. The summed E-state index contributed by atoms with van der Waals surface area (Å²) in [5.74, 6) is 0.843. The topological polar surface area (TPSA) is 46.2 Å². The zero-order valence-electron chi connectivity index (χ0n) is 3.30. The highest BCUT2D eigenvalue weighted by Crippen LogP contribution is 2.09. The average Bonchev–Trinajstić information content (AvgIpc) is 1.91. The van der Waals surface area contributed by atoms with E-state index in [2.05, 4.69) is 5.32 Å². The quantitative estimate of drug-likeness (QED) is 0.434. The number of thioether (sulfide) groups is 1. The molecule has 1 N–H and O–H groups in total. The van der Waals surface area contributed by atoms with Gasteiger partial charge in [0, 0.05) is 0 Å². The lowest BCUT2D eigenvalue weighted by Crippen LogP contribution is -2.16. The summed E-state index contributed by atoms with van der Waals surface area (Å²) in [4.78, 5) is 20.2. The first kappa shape index (κ1) is 4.64. The summed E-state index contributed by atoms with van der Waals surface area (Å²) < 4.78 is 0. The van der Waals surface area contributed by atoms with Crippen LogP contribution in [0.3, 0.4) is 0 Å². The largest absolute Gasteiger partial charge is 0.334 e. The fourth-order valence-corrected chi connectivity index (χ4v) is 0.688. The molecule has 0 aliphatic carbocycles. The average molecular weight is 116 g/mol. The first-order valence-corrected chi connectivity index (χ1v) is 2.52. The predicted octanol–water partition coefficient (Wildman–Crippen LogP) is -0.505. The minimum atomic E-state index is -0.523. The molecule has 1 amide bonds. The molecule has 0 aromatic carbocycles. The molecule has 0 saturated carbocycles. The van der Waals surface area contributed by atoms with Crippen LogP contribution >= 0.6 is 11.8 Å². The zero-order chi connectivity index (χ0) is 5.28. The van der Waals surface area contributed by atoms with E-state index in [9.17, 15) is 9.59 Å². The third kappa shape index (κ3) is 0.742. The molecule has 7 heavy (non-hydrogen) atoms. The van der Waals surface area contributed by atoms with Gasteiger partial charge in [-0.2, -0.15) is 0 Å². The summed E-state index contributed by atoms with van der Waals surface area (Å²) in [5.41, 5.74) is 0. The van der Waals surface area contributed by atoms with E-state index in [0.29, 0.717) is 0 Å². The molecule has 1 heterocycles. The molecule has 0 atom stereocenters. The van der Waals surface area contributed by atoms with Crippen molar-refractivity contribution in [3.8, 4) is 0 Å². The van der Waals surface area contributed by atoms with Gasteiger partial charge in [0.25, 0.3) is 11.0 Å². The Morgan fingerprint density at radius 1 is 1.57 bits per heavy atom. The third-order valence-electron chi connectivity index (χ3n) is 0.541. The fraction of sp³-hybridized carbons (Fsp3) is 0. The molecule has 3 nitrogen and oxygen atoms in total. The van der Waals surface area contributed by atoms with E-state index in [-0.39, 0.29) is 0 Å². The van der Waals surface area contributed by atoms with Gasteiger partial charge in [-0.3, -0.25) is 9.59 Å². The van der Waals surface area contributed by atoms with E-state index in [1.807, 2.05) is 0 Å². The van der Waals surface area contributed by atoms with Crippen LogP contribution in [0, 0.1) is 5.88 Å². The molecule has 0 spiro atoms. The molecule has 1 rings (SSSR count). The van der Waals surface area contributed by atoms with Crippen molar-refractivity contribution in [2.75, 3.05) is 0 Å². The number of hydrogen-bond acceptors (Lipinski definition) is 3. The van der Waals surface area contributed by atoms with Gasteiger partial charge in [-0.25, -0.2) is 0 Å². The van der Waals surface area contributed by atoms with Crippen LogP contribution in [0.2, 0.25) is 0 Å². The van der Waals surface area contributed by atoms with Crippen molar-refractivity contribution in [1.82, 2.24) is 5.32 Å². The highest BCUT2D eigenvalue weighted by molar-refractivity contribution is 8.17. The van der Waals surface area contributed by atoms with Gasteiger partial charge < -0.3 is 5.32 Å². The molecule has 0 unspecified atom stereocenters. The molecule has 1 aliphatic rings. The first-order valence-electron chi connectivity index (χ1n) is 1.64. The van der Waals surface area contributed by atoms with E-state index in [1.165, 1.54) is 5.88 Å². The Morgan fingerprint density at radius 2 is 2.29 bits per heavy atom. The second kappa shape index (κ2) is 1.54. The Balaban J connectivity index is 2.65. The van der Waals surface area contributed by atoms with Gasteiger partial charge in [0.2, 0.25) is 0 Å². The Hall–Kier alpha value is -0.510. The monoisotopic (exact) mass is 116 g/mol. The van der Waals surface area contributed by atoms with Crippen molar-refractivity contribution >= 4 is 22.8 Å². The maximum Gasteiger partial charge on any atom is 0.299 e. The first-order chi connectivity index (χ1) is 3.30. The molecule has 1 aliphatic heterocycles. The van der Waals surface area contributed by atoms with Crippen LogP contribution in [0.5, 0.6) is 0 Å². The van der Waals surface area contributed by atoms with E-state index in [4.69, 9.17) is 0 Å². The number of nitrogens with one attached hydrogen (secondary N) is 1. The molecule has 0 bridgehead atoms. The smallest absolute Gasteiger partial charge is 0.299 e. The zero-order valence-corrected chi connectivity index (χ0v) is 4.12. The fourth-order valence-electron chi connectivity index (χ4n) is 0.249. The molecular formula is C3H2NO2S. The second-order valence-corrected chi connectivity index (χ2v) is 1.84. The van der Waals surface area contributed by atoms with E-state index in [1.54, 1.807) is 0 Å². The van der Waals surface area contributed by atoms with Crippen LogP contribution in [0.25, 0.3) is 0 Å². The Kier molecular flexibility index (Phi) is 1.02. The Morgan fingerprint density at radius 3 is 2.43 bits per heavy atom. The molecular weight excluding hydrogens is 114 g/mol. The maximum absolute atomic E-state index is 10.1. The lowest BCUT2D eigenvalue weighted by atomic mass is 10.7. The summed E-state index contributed by atoms with van der Waals surface area (Å²) in [5, 5.41) is 1.79. The lowest BCUT2D eigenvalue weighted by Gasteiger charge is -1.75. The number of amides is 1. The van der Waals surface area contributed by atoms with Crippen LogP contribution in [-0.4, -0.2) is 11.0 Å². The van der Waals surface area contributed by atoms with Gasteiger partial charge in [0.15, 0.2) is 0 Å². The normalized spacial score (nSPS) is 20.0. The van der Waals surface area contributed by atoms with Gasteiger partial charge in [0.1, 0.15) is 5.88 Å². The standard InChI is InChI=1S/C3H2NO2S/c5-2-3(6)7-1-4-2/h1H,(H,4,5). The van der Waals surface area contributed by atoms with Crippen molar-refractivity contribution < 1.29 is 9.59 Å². The molecule has 1 radical (unpaired) electrons. The van der Waals surface area contributed by atoms with E-state index < -0.39 is 11.0 Å². The summed E-state index contributed by atoms with van der Waals surface area (Å²) in [6, 6.07) is 0. The van der Waals surface area contributed by atoms with Crippen LogP contribution < -0.4 is 5.32 Å². The summed E-state index contributed by atoms with van der Waals surface area (Å²) in [7, 11) is 0. The van der Waals surface area contributed by atoms with Crippen LogP contribution in [0.15, 0.2) is 0 Å². The minimum absolute atomic E-state index is 0.431. The SMILES string of the molecule is O=C1N[CH]SC1=O. The van der Waals surface area contributed by atoms with Crippen LogP contribution in [0.4, 0.5) is 0 Å². The number of carbonyl (C=O) groups is 2. The van der Waals surface area contributed by atoms with Gasteiger partial charge in [-0.05, 0) is 11.8 Å². The van der Waals surface area contributed by atoms with Gasteiger partial charge in [0.05, 0.1) is 0 Å². The molecule has 0 aromatic rings. The van der Waals surface area contributed by atoms with Gasteiger partial charge in [-0.15, -0.1) is 0 Å². The molecule has 1 fully saturated rings. The van der Waals surface area contributed by atoms with Crippen molar-refractivity contribution in [3.63, 3.8) is 0 Å². The van der Waals surface area contributed by atoms with E-state index in [0.717, 1.165) is 11.8 Å². The van der Waals surface area contributed by atoms with Crippen molar-refractivity contribution in [2.45, 2.75) is 0 Å². The maximum atomic E-state index is 10.1. The molecule has 4 heteroatoms. The summed E-state index contributed by atoms with van der Waals surface area (Å²) >= 11 is 0.881. The Labute approximate surface area is 44.5 Å². The van der Waals surface area contributed by atoms with Crippen LogP contribution in [-0.2, 0) is 9.59 Å². The highest BCUT2D eigenvalue weighted by Gasteiger charge is 2.20. The Bertz CT molecular complexity index is 108. The highest BCUT2D eigenvalue weighted by atomic mass is 32.2. The van der Waals surface area contributed by atoms with Gasteiger partial charge >= 0.3 is 0 Å². The van der Waals surface area contributed by atoms with Gasteiger partial charge in [-0.1, -0.05) is 0 Å². The molecule has 0 aromatic heterocycles. The number of carbonyl (C=O) groups excluding carboxylic acids is 2. The third-order valence-corrected chi connectivity index (χ3v) is 1.18. The van der Waals surface area contributed by atoms with Crippen molar-refractivity contribution in [2.24, 2.45) is 0 Å². The number of hydrogen-bond donors (Lipinski definition) is 1. The van der Waals surface area contributed by atoms with Crippen molar-refractivity contribution in [3.05, 3.63) is 5.88 Å². The molecule has 1 saturated heterocycles. The van der Waals surface area contributed by atoms with Crippen molar-refractivity contribution in [1.29, 1.82) is 0 Å². The number of rotatable bonds is 0. The summed E-state index contributed by atoms with van der Waals surface area (Å²) in [6.07, 6.45) is 0. The minimum Gasteiger partial charge on any atom is -0.334 e. The van der Waals surface area contributed by atoms with Crippen LogP contribution in [0.1, 0.15) is 0 Å². The lowest BCUT2D eigenvalue weighted by molar-refractivity contribution is -0.131. The molecule has 37 valence electrons.